The summed E-state index contributed by atoms with van der Waals surface area (Å²) < 4.78 is 5.19. The summed E-state index contributed by atoms with van der Waals surface area (Å²) in [5.41, 5.74) is 2.69. The van der Waals surface area contributed by atoms with Crippen molar-refractivity contribution in [1.29, 1.82) is 0 Å². The topological polar surface area (TPSA) is 63.6 Å². The van der Waals surface area contributed by atoms with Crippen LogP contribution in [0.3, 0.4) is 0 Å². The number of carbonyl (C=O) groups excluding carboxylic acids is 1. The van der Waals surface area contributed by atoms with Gasteiger partial charge in [-0.1, -0.05) is 54.6 Å². The normalized spacial score (nSPS) is 10.6. The van der Waals surface area contributed by atoms with E-state index in [0.717, 1.165) is 16.7 Å². The van der Waals surface area contributed by atoms with Crippen LogP contribution in [0.4, 0.5) is 0 Å². The largest absolute Gasteiger partial charge is 0.481 e. The first-order chi connectivity index (χ1) is 11.1. The number of carboxylic acids is 1. The van der Waals surface area contributed by atoms with Gasteiger partial charge in [0, 0.05) is 12.5 Å². The van der Waals surface area contributed by atoms with Crippen LogP contribution in [0.15, 0.2) is 60.7 Å². The molecule has 0 fully saturated rings. The molecule has 4 heteroatoms. The first kappa shape index (κ1) is 16.5. The van der Waals surface area contributed by atoms with Crippen molar-refractivity contribution in [2.75, 3.05) is 0 Å². The Labute approximate surface area is 135 Å². The third kappa shape index (κ3) is 6.18. The van der Waals surface area contributed by atoms with Crippen molar-refractivity contribution in [1.82, 2.24) is 0 Å². The Morgan fingerprint density at radius 3 is 2.48 bits per heavy atom. The predicted octanol–water partition coefficient (Wildman–Crippen LogP) is 3.46. The first-order valence-corrected chi connectivity index (χ1v) is 7.33. The highest BCUT2D eigenvalue weighted by Gasteiger charge is 2.02. The lowest BCUT2D eigenvalue weighted by molar-refractivity contribution is -0.139. The van der Waals surface area contributed by atoms with Gasteiger partial charge in [0.25, 0.3) is 0 Å². The van der Waals surface area contributed by atoms with E-state index in [1.165, 1.54) is 6.08 Å². The second-order valence-electron chi connectivity index (χ2n) is 5.07. The number of ether oxygens (including phenoxy) is 1. The average molecular weight is 310 g/mol. The average Bonchev–Trinajstić information content (AvgIpc) is 2.57. The number of esters is 1. The van der Waals surface area contributed by atoms with Gasteiger partial charge in [0.1, 0.15) is 6.61 Å². The molecule has 1 N–H and O–H groups in total. The minimum absolute atomic E-state index is 0.0864. The lowest BCUT2D eigenvalue weighted by atomic mass is 10.1. The van der Waals surface area contributed by atoms with Crippen molar-refractivity contribution in [2.24, 2.45) is 0 Å². The molecule has 0 spiro atoms. The van der Waals surface area contributed by atoms with Crippen LogP contribution in [0.25, 0.3) is 6.08 Å². The molecular weight excluding hydrogens is 292 g/mol. The summed E-state index contributed by atoms with van der Waals surface area (Å²) in [5.74, 6) is -1.24. The van der Waals surface area contributed by atoms with Gasteiger partial charge in [0.2, 0.25) is 0 Å². The summed E-state index contributed by atoms with van der Waals surface area (Å²) in [6, 6.07) is 16.9. The zero-order chi connectivity index (χ0) is 16.5. The Bertz CT molecular complexity index is 690. The molecule has 2 aromatic carbocycles. The molecule has 2 rings (SSSR count). The summed E-state index contributed by atoms with van der Waals surface area (Å²) in [7, 11) is 0. The Kier molecular flexibility index (Phi) is 6.12. The molecule has 0 radical (unpaired) electrons. The minimum atomic E-state index is -0.826. The second-order valence-corrected chi connectivity index (χ2v) is 5.07. The molecule has 2 aromatic rings. The third-order valence-electron chi connectivity index (χ3n) is 3.21. The third-order valence-corrected chi connectivity index (χ3v) is 3.21. The van der Waals surface area contributed by atoms with Crippen molar-refractivity contribution in [2.45, 2.75) is 19.4 Å². The smallest absolute Gasteiger partial charge is 0.331 e. The molecule has 0 bridgehead atoms. The number of benzene rings is 2. The van der Waals surface area contributed by atoms with Crippen molar-refractivity contribution in [3.63, 3.8) is 0 Å². The predicted molar refractivity (Wildman–Crippen MR) is 87.7 cm³/mol. The molecule has 0 atom stereocenters. The van der Waals surface area contributed by atoms with Gasteiger partial charge in [-0.15, -0.1) is 0 Å². The van der Waals surface area contributed by atoms with Crippen LogP contribution in [-0.4, -0.2) is 17.0 Å². The maximum atomic E-state index is 11.7. The van der Waals surface area contributed by atoms with E-state index in [0.29, 0.717) is 6.42 Å². The van der Waals surface area contributed by atoms with Gasteiger partial charge < -0.3 is 9.84 Å². The highest BCUT2D eigenvalue weighted by Crippen LogP contribution is 2.09. The van der Waals surface area contributed by atoms with E-state index in [9.17, 15) is 9.59 Å². The molecule has 118 valence electrons. The molecule has 0 saturated heterocycles. The SMILES string of the molecule is O=C(O)CCc1cccc(COC(=O)/C=C/c2ccccc2)c1. The number of hydrogen-bond donors (Lipinski definition) is 1. The molecule has 23 heavy (non-hydrogen) atoms. The van der Waals surface area contributed by atoms with Crippen LogP contribution < -0.4 is 0 Å². The summed E-state index contributed by atoms with van der Waals surface area (Å²) in [5, 5.41) is 8.70. The van der Waals surface area contributed by atoms with E-state index in [-0.39, 0.29) is 13.0 Å². The zero-order valence-corrected chi connectivity index (χ0v) is 12.6. The Hall–Kier alpha value is -2.88. The fourth-order valence-electron chi connectivity index (χ4n) is 2.06. The van der Waals surface area contributed by atoms with Gasteiger partial charge in [0.05, 0.1) is 0 Å². The van der Waals surface area contributed by atoms with Crippen LogP contribution in [0.2, 0.25) is 0 Å². The number of aliphatic carboxylic acids is 1. The molecule has 0 saturated carbocycles. The van der Waals surface area contributed by atoms with Crippen LogP contribution in [0, 0.1) is 0 Å². The highest BCUT2D eigenvalue weighted by molar-refractivity contribution is 5.87. The second kappa shape index (κ2) is 8.54. The fourth-order valence-corrected chi connectivity index (χ4v) is 2.06. The minimum Gasteiger partial charge on any atom is -0.481 e. The van der Waals surface area contributed by atoms with Crippen molar-refractivity contribution in [3.8, 4) is 0 Å². The van der Waals surface area contributed by atoms with E-state index in [2.05, 4.69) is 0 Å². The van der Waals surface area contributed by atoms with Gasteiger partial charge in [-0.25, -0.2) is 4.79 Å². The van der Waals surface area contributed by atoms with Crippen LogP contribution in [0.1, 0.15) is 23.1 Å². The molecule has 0 aromatic heterocycles. The van der Waals surface area contributed by atoms with E-state index in [1.54, 1.807) is 6.08 Å². The van der Waals surface area contributed by atoms with Crippen molar-refractivity contribution >= 4 is 18.0 Å². The molecular formula is C19H18O4. The molecule has 0 heterocycles. The first-order valence-electron chi connectivity index (χ1n) is 7.33. The quantitative estimate of drug-likeness (QED) is 0.628. The number of hydrogen-bond acceptors (Lipinski definition) is 3. The molecule has 0 aliphatic carbocycles. The number of rotatable bonds is 7. The Balaban J connectivity index is 1.85. The van der Waals surface area contributed by atoms with Crippen LogP contribution in [0.5, 0.6) is 0 Å². The number of carbonyl (C=O) groups is 2. The van der Waals surface area contributed by atoms with Gasteiger partial charge in [-0.3, -0.25) is 4.79 Å². The molecule has 0 aliphatic heterocycles. The lowest BCUT2D eigenvalue weighted by Crippen LogP contribution is -2.02. The highest BCUT2D eigenvalue weighted by atomic mass is 16.5. The summed E-state index contributed by atoms with van der Waals surface area (Å²) >= 11 is 0. The van der Waals surface area contributed by atoms with Crippen molar-refractivity contribution in [3.05, 3.63) is 77.4 Å². The van der Waals surface area contributed by atoms with Crippen molar-refractivity contribution < 1.29 is 19.4 Å². The van der Waals surface area contributed by atoms with Gasteiger partial charge in [-0.2, -0.15) is 0 Å². The number of carboxylic acid groups (broad SMARTS) is 1. The van der Waals surface area contributed by atoms with E-state index in [4.69, 9.17) is 9.84 Å². The maximum Gasteiger partial charge on any atom is 0.331 e. The number of aryl methyl sites for hydroxylation is 1. The monoisotopic (exact) mass is 310 g/mol. The van der Waals surface area contributed by atoms with E-state index >= 15 is 0 Å². The van der Waals surface area contributed by atoms with Gasteiger partial charge in [-0.05, 0) is 29.2 Å². The standard InChI is InChI=1S/C19H18O4/c20-18(21)11-9-16-7-4-8-17(13-16)14-23-19(22)12-10-15-5-2-1-3-6-15/h1-8,10,12-13H,9,11,14H2,(H,20,21)/b12-10+. The van der Waals surface area contributed by atoms with Crippen LogP contribution >= 0.6 is 0 Å². The maximum absolute atomic E-state index is 11.7. The summed E-state index contributed by atoms with van der Waals surface area (Å²) in [6.07, 6.45) is 3.64. The summed E-state index contributed by atoms with van der Waals surface area (Å²) in [4.78, 5) is 22.3. The molecule has 0 unspecified atom stereocenters. The van der Waals surface area contributed by atoms with Crippen LogP contribution in [-0.2, 0) is 27.4 Å². The Morgan fingerprint density at radius 1 is 1.00 bits per heavy atom. The fraction of sp³-hybridized carbons (Fsp3) is 0.158. The molecule has 4 nitrogen and oxygen atoms in total. The van der Waals surface area contributed by atoms with Gasteiger partial charge in [0.15, 0.2) is 0 Å². The van der Waals surface area contributed by atoms with Gasteiger partial charge >= 0.3 is 11.9 Å². The summed E-state index contributed by atoms with van der Waals surface area (Å²) in [6.45, 7) is 0.166. The molecule has 0 aliphatic rings. The van der Waals surface area contributed by atoms with E-state index < -0.39 is 11.9 Å². The lowest BCUT2D eigenvalue weighted by Gasteiger charge is -2.05. The molecule has 0 amide bonds. The van der Waals surface area contributed by atoms with E-state index in [1.807, 2.05) is 54.6 Å². The Morgan fingerprint density at radius 2 is 1.74 bits per heavy atom. The zero-order valence-electron chi connectivity index (χ0n) is 12.6.